The maximum atomic E-state index is 11.7. The zero-order valence-electron chi connectivity index (χ0n) is 15.3. The zero-order valence-corrected chi connectivity index (χ0v) is 15.3. The summed E-state index contributed by atoms with van der Waals surface area (Å²) in [5.74, 6) is 0.0218. The molecule has 0 bridgehead atoms. The van der Waals surface area contributed by atoms with Gasteiger partial charge in [0.25, 0.3) is 0 Å². The Hall–Kier alpha value is -2.56. The van der Waals surface area contributed by atoms with Gasteiger partial charge in [-0.05, 0) is 38.0 Å². The topological polar surface area (TPSA) is 61.8 Å². The van der Waals surface area contributed by atoms with Crippen molar-refractivity contribution in [3.63, 3.8) is 0 Å². The SMILES string of the molecule is CCC(C)(C)C(=O)OCCOC(=O)/C=C/C=C/c1ccc(OC)cc1. The maximum Gasteiger partial charge on any atom is 0.330 e. The number of esters is 2. The first-order valence-electron chi connectivity index (χ1n) is 8.22. The fourth-order valence-corrected chi connectivity index (χ4v) is 1.68. The van der Waals surface area contributed by atoms with Gasteiger partial charge in [-0.25, -0.2) is 4.79 Å². The quantitative estimate of drug-likeness (QED) is 0.295. The number of carbonyl (C=O) groups is 2. The summed E-state index contributed by atoms with van der Waals surface area (Å²) >= 11 is 0. The second-order valence-electron chi connectivity index (χ2n) is 6.03. The molecular formula is C20H26O5. The molecule has 0 atom stereocenters. The van der Waals surface area contributed by atoms with Crippen molar-refractivity contribution >= 4 is 18.0 Å². The van der Waals surface area contributed by atoms with Gasteiger partial charge in [-0.15, -0.1) is 0 Å². The second-order valence-corrected chi connectivity index (χ2v) is 6.03. The Morgan fingerprint density at radius 2 is 1.68 bits per heavy atom. The predicted octanol–water partition coefficient (Wildman–Crippen LogP) is 3.79. The number of allylic oxidation sites excluding steroid dienone is 2. The lowest BCUT2D eigenvalue weighted by Crippen LogP contribution is -2.27. The summed E-state index contributed by atoms with van der Waals surface area (Å²) in [5, 5.41) is 0. The lowest BCUT2D eigenvalue weighted by molar-refractivity contribution is -0.157. The number of benzene rings is 1. The molecular weight excluding hydrogens is 320 g/mol. The van der Waals surface area contributed by atoms with E-state index in [1.807, 2.05) is 51.1 Å². The summed E-state index contributed by atoms with van der Waals surface area (Å²) in [4.78, 5) is 23.3. The van der Waals surface area contributed by atoms with E-state index in [0.29, 0.717) is 6.42 Å². The number of methoxy groups -OCH3 is 1. The summed E-state index contributed by atoms with van der Waals surface area (Å²) in [5.41, 5.74) is 0.472. The van der Waals surface area contributed by atoms with Crippen molar-refractivity contribution in [3.05, 3.63) is 48.1 Å². The van der Waals surface area contributed by atoms with Crippen LogP contribution in [0.15, 0.2) is 42.5 Å². The van der Waals surface area contributed by atoms with Crippen LogP contribution >= 0.6 is 0 Å². The number of carbonyl (C=O) groups excluding carboxylic acids is 2. The van der Waals surface area contributed by atoms with Crippen LogP contribution in [0.25, 0.3) is 6.08 Å². The van der Waals surface area contributed by atoms with Gasteiger partial charge in [0.1, 0.15) is 19.0 Å². The molecule has 0 spiro atoms. The molecule has 5 heteroatoms. The molecule has 1 aromatic rings. The zero-order chi connectivity index (χ0) is 18.7. The summed E-state index contributed by atoms with van der Waals surface area (Å²) in [6.07, 6.45) is 7.20. The van der Waals surface area contributed by atoms with Gasteiger partial charge in [0, 0.05) is 6.08 Å². The molecule has 0 radical (unpaired) electrons. The average Bonchev–Trinajstić information content (AvgIpc) is 2.62. The molecule has 0 aromatic heterocycles. The Bertz CT molecular complexity index is 611. The summed E-state index contributed by atoms with van der Waals surface area (Å²) in [7, 11) is 1.62. The highest BCUT2D eigenvalue weighted by Crippen LogP contribution is 2.21. The van der Waals surface area contributed by atoms with Crippen molar-refractivity contribution in [1.29, 1.82) is 0 Å². The van der Waals surface area contributed by atoms with E-state index in [4.69, 9.17) is 14.2 Å². The molecule has 1 rings (SSSR count). The molecule has 0 saturated heterocycles. The van der Waals surface area contributed by atoms with Crippen molar-refractivity contribution in [2.24, 2.45) is 5.41 Å². The van der Waals surface area contributed by atoms with Gasteiger partial charge in [0.15, 0.2) is 0 Å². The van der Waals surface area contributed by atoms with Crippen LogP contribution in [0.2, 0.25) is 0 Å². The molecule has 0 aliphatic rings. The van der Waals surface area contributed by atoms with Crippen molar-refractivity contribution < 1.29 is 23.8 Å². The number of hydrogen-bond acceptors (Lipinski definition) is 5. The standard InChI is InChI=1S/C20H26O5/c1-5-20(2,3)19(22)25-15-14-24-18(21)9-7-6-8-16-10-12-17(23-4)13-11-16/h6-13H,5,14-15H2,1-4H3/b8-6+,9-7+. The molecule has 0 heterocycles. The average molecular weight is 346 g/mol. The lowest BCUT2D eigenvalue weighted by atomic mass is 9.91. The number of ether oxygens (including phenoxy) is 3. The number of rotatable bonds is 9. The molecule has 0 amide bonds. The highest BCUT2D eigenvalue weighted by Gasteiger charge is 2.26. The molecule has 0 N–H and O–H groups in total. The Balaban J connectivity index is 2.28. The van der Waals surface area contributed by atoms with Crippen LogP contribution in [0.5, 0.6) is 5.75 Å². The third-order valence-electron chi connectivity index (χ3n) is 3.75. The molecule has 5 nitrogen and oxygen atoms in total. The van der Waals surface area contributed by atoms with Crippen LogP contribution in [0.1, 0.15) is 32.8 Å². The molecule has 0 aliphatic carbocycles. The summed E-state index contributed by atoms with van der Waals surface area (Å²) in [6, 6.07) is 7.54. The normalized spacial score (nSPS) is 11.7. The second kappa shape index (κ2) is 10.3. The fourth-order valence-electron chi connectivity index (χ4n) is 1.68. The van der Waals surface area contributed by atoms with E-state index in [2.05, 4.69) is 0 Å². The van der Waals surface area contributed by atoms with Crippen molar-refractivity contribution in [3.8, 4) is 5.75 Å². The van der Waals surface area contributed by atoms with Gasteiger partial charge in [-0.1, -0.05) is 37.3 Å². The van der Waals surface area contributed by atoms with E-state index < -0.39 is 11.4 Å². The minimum Gasteiger partial charge on any atom is -0.497 e. The van der Waals surface area contributed by atoms with Crippen molar-refractivity contribution in [1.82, 2.24) is 0 Å². The van der Waals surface area contributed by atoms with E-state index in [-0.39, 0.29) is 19.2 Å². The number of hydrogen-bond donors (Lipinski definition) is 0. The first-order chi connectivity index (χ1) is 11.9. The highest BCUT2D eigenvalue weighted by molar-refractivity contribution is 5.82. The van der Waals surface area contributed by atoms with Gasteiger partial charge >= 0.3 is 11.9 Å². The largest absolute Gasteiger partial charge is 0.497 e. The maximum absolute atomic E-state index is 11.7. The molecule has 0 aliphatic heterocycles. The third kappa shape index (κ3) is 7.70. The Labute approximate surface area is 149 Å². The van der Waals surface area contributed by atoms with Crippen molar-refractivity contribution in [2.75, 3.05) is 20.3 Å². The summed E-state index contributed by atoms with van der Waals surface area (Å²) < 4.78 is 15.1. The first kappa shape index (κ1) is 20.5. The molecule has 136 valence electrons. The van der Waals surface area contributed by atoms with E-state index in [1.165, 1.54) is 6.08 Å². The molecule has 0 unspecified atom stereocenters. The van der Waals surface area contributed by atoms with E-state index in [1.54, 1.807) is 19.3 Å². The lowest BCUT2D eigenvalue weighted by Gasteiger charge is -2.20. The predicted molar refractivity (Wildman–Crippen MR) is 97.2 cm³/mol. The van der Waals surface area contributed by atoms with Crippen molar-refractivity contribution in [2.45, 2.75) is 27.2 Å². The monoisotopic (exact) mass is 346 g/mol. The minimum atomic E-state index is -0.518. The van der Waals surface area contributed by atoms with Crippen LogP contribution in [-0.4, -0.2) is 32.3 Å². The Morgan fingerprint density at radius 3 is 2.28 bits per heavy atom. The van der Waals surface area contributed by atoms with Gasteiger partial charge in [0.2, 0.25) is 0 Å². The van der Waals surface area contributed by atoms with E-state index in [0.717, 1.165) is 11.3 Å². The van der Waals surface area contributed by atoms with Gasteiger partial charge in [0.05, 0.1) is 12.5 Å². The van der Waals surface area contributed by atoms with Crippen LogP contribution in [0, 0.1) is 5.41 Å². The highest BCUT2D eigenvalue weighted by atomic mass is 16.6. The molecule has 0 saturated carbocycles. The Morgan fingerprint density at radius 1 is 1.04 bits per heavy atom. The van der Waals surface area contributed by atoms with E-state index >= 15 is 0 Å². The molecule has 25 heavy (non-hydrogen) atoms. The summed E-state index contributed by atoms with van der Waals surface area (Å²) in [6.45, 7) is 5.66. The van der Waals surface area contributed by atoms with Gasteiger partial charge in [-0.3, -0.25) is 4.79 Å². The van der Waals surface area contributed by atoms with Crippen LogP contribution in [-0.2, 0) is 19.1 Å². The fraction of sp³-hybridized carbons (Fsp3) is 0.400. The molecule has 0 fully saturated rings. The van der Waals surface area contributed by atoms with Crippen LogP contribution < -0.4 is 4.74 Å². The third-order valence-corrected chi connectivity index (χ3v) is 3.75. The smallest absolute Gasteiger partial charge is 0.330 e. The minimum absolute atomic E-state index is 0.0386. The van der Waals surface area contributed by atoms with Gasteiger partial charge < -0.3 is 14.2 Å². The van der Waals surface area contributed by atoms with E-state index in [9.17, 15) is 9.59 Å². The molecule has 1 aromatic carbocycles. The van der Waals surface area contributed by atoms with Crippen LogP contribution in [0.4, 0.5) is 0 Å². The Kier molecular flexibility index (Phi) is 8.47. The first-order valence-corrected chi connectivity index (χ1v) is 8.22. The van der Waals surface area contributed by atoms with Crippen LogP contribution in [0.3, 0.4) is 0 Å². The van der Waals surface area contributed by atoms with Gasteiger partial charge in [-0.2, -0.15) is 0 Å².